The van der Waals surface area contributed by atoms with Crippen molar-refractivity contribution in [2.45, 2.75) is 137 Å². The zero-order chi connectivity index (χ0) is 33.5. The van der Waals surface area contributed by atoms with Crippen molar-refractivity contribution < 1.29 is 38.8 Å². The van der Waals surface area contributed by atoms with E-state index < -0.39 is 51.9 Å². The monoisotopic (exact) mass is 656 g/mol. The zero-order valence-corrected chi connectivity index (χ0v) is 30.1. The van der Waals surface area contributed by atoms with Crippen molar-refractivity contribution >= 4 is 46.1 Å². The topological polar surface area (TPSA) is 119 Å². The fourth-order valence-electron chi connectivity index (χ4n) is 8.41. The number of hydrogen-bond acceptors (Lipinski definition) is 10. The van der Waals surface area contributed by atoms with Gasteiger partial charge < -0.3 is 24.4 Å². The molecule has 0 amide bonds. The number of hydrogen-bond donors (Lipinski definition) is 2. The number of esters is 2. The Morgan fingerprint density at radius 1 is 1.09 bits per heavy atom. The first-order valence-corrected chi connectivity index (χ1v) is 17.5. The minimum atomic E-state index is -0.913. The lowest BCUT2D eigenvalue weighted by Gasteiger charge is -2.62. The summed E-state index contributed by atoms with van der Waals surface area (Å²) in [5.74, 6) is -1.47. The lowest BCUT2D eigenvalue weighted by molar-refractivity contribution is -0.213. The van der Waals surface area contributed by atoms with E-state index in [1.807, 2.05) is 27.7 Å². The van der Waals surface area contributed by atoms with Crippen molar-refractivity contribution in [1.29, 1.82) is 0 Å². The molecular weight excluding hydrogens is 601 g/mol. The summed E-state index contributed by atoms with van der Waals surface area (Å²) in [7, 11) is 0. The Balaban J connectivity index is 2.13. The molecule has 44 heavy (non-hydrogen) atoms. The highest BCUT2D eigenvalue weighted by molar-refractivity contribution is 8.23. The van der Waals surface area contributed by atoms with E-state index in [1.54, 1.807) is 0 Å². The Labute approximate surface area is 274 Å². The fourth-order valence-corrected chi connectivity index (χ4v) is 9.91. The maximum atomic E-state index is 13.7. The van der Waals surface area contributed by atoms with E-state index in [1.165, 1.54) is 11.8 Å². The number of rotatable bonds is 8. The molecule has 3 rings (SSSR count). The lowest BCUT2D eigenvalue weighted by Crippen LogP contribution is -2.64. The van der Waals surface area contributed by atoms with Crippen molar-refractivity contribution in [1.82, 2.24) is 0 Å². The van der Waals surface area contributed by atoms with Crippen molar-refractivity contribution in [2.24, 2.45) is 39.4 Å². The number of thioether (sulfide) groups is 1. The molecule has 0 aromatic carbocycles. The van der Waals surface area contributed by atoms with Crippen LogP contribution in [0.5, 0.6) is 0 Å². The molecule has 3 saturated carbocycles. The molecule has 10 heteroatoms. The molecule has 0 spiro atoms. The number of aliphatic hydroxyl groups excluding tert-OH is 2. The molecule has 0 aromatic heterocycles. The average molecular weight is 657 g/mol. The SMILES string of the molecule is C[C@@H]1CC[C@@]23CCC(=O)[C@H]2[C@]1(C)[C@H](OC(=O)CO)C[C@@](C)(C(CCC(=O)OC(C)(C)C)SC(=S)OCC(C)(C)C)[C@@H](O)[C@@H]3C. The summed E-state index contributed by atoms with van der Waals surface area (Å²) in [4.78, 5) is 39.4. The Bertz CT molecular complexity index is 1100. The number of carbonyl (C=O) groups excluding carboxylic acids is 3. The minimum absolute atomic E-state index is 0.0647. The third-order valence-corrected chi connectivity index (χ3v) is 12.6. The molecule has 8 nitrogen and oxygen atoms in total. The zero-order valence-electron chi connectivity index (χ0n) is 28.5. The number of aliphatic hydroxyl groups is 2. The highest BCUT2D eigenvalue weighted by Crippen LogP contribution is 2.68. The van der Waals surface area contributed by atoms with E-state index >= 15 is 0 Å². The van der Waals surface area contributed by atoms with Gasteiger partial charge in [-0.05, 0) is 87.8 Å². The molecule has 0 aliphatic heterocycles. The van der Waals surface area contributed by atoms with Crippen LogP contribution in [0.15, 0.2) is 0 Å². The van der Waals surface area contributed by atoms with Crippen LogP contribution in [0.25, 0.3) is 0 Å². The van der Waals surface area contributed by atoms with Gasteiger partial charge in [0, 0.05) is 34.8 Å². The van der Waals surface area contributed by atoms with E-state index in [9.17, 15) is 24.6 Å². The molecule has 3 aliphatic rings. The van der Waals surface area contributed by atoms with E-state index in [2.05, 4.69) is 41.5 Å². The fraction of sp³-hybridized carbons (Fsp3) is 0.882. The van der Waals surface area contributed by atoms with Crippen LogP contribution in [0.2, 0.25) is 0 Å². The van der Waals surface area contributed by atoms with Crippen molar-refractivity contribution in [3.63, 3.8) is 0 Å². The third kappa shape index (κ3) is 7.66. The minimum Gasteiger partial charge on any atom is -0.478 e. The van der Waals surface area contributed by atoms with Gasteiger partial charge in [0.1, 0.15) is 24.1 Å². The Kier molecular flexibility index (Phi) is 11.4. The van der Waals surface area contributed by atoms with Gasteiger partial charge in [0.2, 0.25) is 4.38 Å². The quantitative estimate of drug-likeness (QED) is 0.229. The van der Waals surface area contributed by atoms with Gasteiger partial charge in [0.05, 0.1) is 12.7 Å². The normalized spacial score (nSPS) is 36.5. The summed E-state index contributed by atoms with van der Waals surface area (Å²) >= 11 is 7.06. The molecule has 9 atom stereocenters. The maximum absolute atomic E-state index is 13.7. The summed E-state index contributed by atoms with van der Waals surface area (Å²) in [6.07, 6.45) is 1.81. The van der Waals surface area contributed by atoms with Crippen LogP contribution in [0.3, 0.4) is 0 Å². The maximum Gasteiger partial charge on any atom is 0.332 e. The third-order valence-electron chi connectivity index (χ3n) is 10.9. The lowest BCUT2D eigenvalue weighted by atomic mass is 9.43. The number of ketones is 1. The number of ether oxygens (including phenoxy) is 3. The number of carbonyl (C=O) groups is 3. The molecule has 0 radical (unpaired) electrons. The van der Waals surface area contributed by atoms with Crippen molar-refractivity contribution in [2.75, 3.05) is 13.2 Å². The molecule has 0 heterocycles. The first-order chi connectivity index (χ1) is 20.1. The smallest absolute Gasteiger partial charge is 0.332 e. The van der Waals surface area contributed by atoms with Gasteiger partial charge >= 0.3 is 11.9 Å². The van der Waals surface area contributed by atoms with Gasteiger partial charge in [-0.2, -0.15) is 0 Å². The molecule has 2 N–H and O–H groups in total. The summed E-state index contributed by atoms with van der Waals surface area (Å²) in [6, 6.07) is 0. The second kappa shape index (κ2) is 13.5. The Hall–Kier alpha value is -1.23. The average Bonchev–Trinajstić information content (AvgIpc) is 3.26. The molecule has 3 fully saturated rings. The molecular formula is C34H56O8S2. The van der Waals surface area contributed by atoms with Gasteiger partial charge in [-0.3, -0.25) is 9.59 Å². The van der Waals surface area contributed by atoms with Crippen LogP contribution in [0, 0.1) is 39.4 Å². The van der Waals surface area contributed by atoms with E-state index in [0.29, 0.717) is 30.3 Å². The molecule has 3 aliphatic carbocycles. The van der Waals surface area contributed by atoms with E-state index in [4.69, 9.17) is 26.4 Å². The predicted octanol–water partition coefficient (Wildman–Crippen LogP) is 6.27. The molecule has 2 bridgehead atoms. The van der Waals surface area contributed by atoms with Crippen molar-refractivity contribution in [3.8, 4) is 0 Å². The molecule has 0 aromatic rings. The van der Waals surface area contributed by atoms with Crippen LogP contribution in [0.4, 0.5) is 0 Å². The molecule has 0 saturated heterocycles. The first-order valence-electron chi connectivity index (χ1n) is 16.2. The van der Waals surface area contributed by atoms with Crippen LogP contribution in [-0.2, 0) is 28.6 Å². The Morgan fingerprint density at radius 3 is 2.30 bits per heavy atom. The van der Waals surface area contributed by atoms with Gasteiger partial charge in [0.25, 0.3) is 0 Å². The van der Waals surface area contributed by atoms with Crippen LogP contribution in [0.1, 0.15) is 114 Å². The second-order valence-corrected chi connectivity index (χ2v) is 18.2. The summed E-state index contributed by atoms with van der Waals surface area (Å²) in [5, 5.41) is 21.8. The molecule has 1 unspecified atom stereocenters. The van der Waals surface area contributed by atoms with Gasteiger partial charge in [-0.1, -0.05) is 60.2 Å². The van der Waals surface area contributed by atoms with Crippen LogP contribution >= 0.6 is 24.0 Å². The van der Waals surface area contributed by atoms with E-state index in [-0.39, 0.29) is 47.8 Å². The van der Waals surface area contributed by atoms with Crippen molar-refractivity contribution in [3.05, 3.63) is 0 Å². The number of Topliss-reactive ketones (excluding diaryl/α,β-unsaturated/α-hetero) is 1. The molecule has 252 valence electrons. The standard InChI is InChI=1S/C34H56O8S2/c1-20-13-15-34-16-14-22(36)27(34)33(20,10)23(41-26(38)18-35)17-32(9,28(39)21(34)2)24(11-12-25(37)42-31(6,7)8)44-29(43)40-19-30(3,4)5/h20-21,23-24,27-28,35,39H,11-19H2,1-10H3/t20-,21+,23-,24?,27+,28+,32+,33+,34+/m1/s1. The predicted molar refractivity (Wildman–Crippen MR) is 176 cm³/mol. The highest BCUT2D eigenvalue weighted by atomic mass is 32.2. The van der Waals surface area contributed by atoms with Crippen LogP contribution in [-0.4, -0.2) is 68.6 Å². The van der Waals surface area contributed by atoms with Crippen LogP contribution < -0.4 is 0 Å². The summed E-state index contributed by atoms with van der Waals surface area (Å²) in [6.45, 7) is 19.5. The summed E-state index contributed by atoms with van der Waals surface area (Å²) in [5.41, 5.74) is -2.83. The second-order valence-electron chi connectivity index (χ2n) is 16.3. The Morgan fingerprint density at radius 2 is 1.73 bits per heavy atom. The largest absolute Gasteiger partial charge is 0.478 e. The van der Waals surface area contributed by atoms with Gasteiger partial charge in [0.15, 0.2) is 0 Å². The van der Waals surface area contributed by atoms with E-state index in [0.717, 1.165) is 12.8 Å². The first kappa shape index (κ1) is 37.2. The van der Waals surface area contributed by atoms with Gasteiger partial charge in [-0.15, -0.1) is 0 Å². The van der Waals surface area contributed by atoms with Gasteiger partial charge in [-0.25, -0.2) is 4.79 Å². The summed E-state index contributed by atoms with van der Waals surface area (Å²) < 4.78 is 18.1. The highest BCUT2D eigenvalue weighted by Gasteiger charge is 2.69. The number of thiocarbonyl (C=S) groups is 1.